The lowest BCUT2D eigenvalue weighted by atomic mass is 10.0. The molecule has 0 aliphatic carbocycles. The van der Waals surface area contributed by atoms with Crippen molar-refractivity contribution < 1.29 is 4.74 Å². The van der Waals surface area contributed by atoms with Crippen LogP contribution in [0.4, 0.5) is 5.69 Å². The zero-order valence-corrected chi connectivity index (χ0v) is 17.3. The van der Waals surface area contributed by atoms with E-state index in [9.17, 15) is 0 Å². The molecule has 1 saturated heterocycles. The van der Waals surface area contributed by atoms with Gasteiger partial charge in [-0.1, -0.05) is 72.3 Å². The number of ether oxygens (including phenoxy) is 1. The van der Waals surface area contributed by atoms with Crippen LogP contribution in [-0.2, 0) is 17.9 Å². The van der Waals surface area contributed by atoms with Gasteiger partial charge in [-0.2, -0.15) is 0 Å². The van der Waals surface area contributed by atoms with E-state index in [0.717, 1.165) is 31.2 Å². The van der Waals surface area contributed by atoms with Gasteiger partial charge in [-0.05, 0) is 35.4 Å². The quantitative estimate of drug-likeness (QED) is 0.559. The van der Waals surface area contributed by atoms with Crippen molar-refractivity contribution in [3.8, 4) is 0 Å². The van der Waals surface area contributed by atoms with E-state index in [-0.39, 0.29) is 6.10 Å². The highest BCUT2D eigenvalue weighted by molar-refractivity contribution is 6.30. The van der Waals surface area contributed by atoms with E-state index in [0.29, 0.717) is 12.5 Å². The molecule has 0 aromatic heterocycles. The molecule has 1 aliphatic rings. The van der Waals surface area contributed by atoms with Gasteiger partial charge in [-0.15, -0.1) is 0 Å². The highest BCUT2D eigenvalue weighted by Crippen LogP contribution is 2.24. The Kier molecular flexibility index (Phi) is 6.83. The van der Waals surface area contributed by atoms with Crippen LogP contribution < -0.4 is 10.2 Å². The summed E-state index contributed by atoms with van der Waals surface area (Å²) >= 11 is 6.12. The van der Waals surface area contributed by atoms with Crippen LogP contribution in [-0.4, -0.2) is 25.7 Å². The van der Waals surface area contributed by atoms with Crippen LogP contribution in [0.3, 0.4) is 0 Å². The maximum Gasteiger partial charge on any atom is 0.0761 e. The summed E-state index contributed by atoms with van der Waals surface area (Å²) in [5, 5.41) is 4.28. The van der Waals surface area contributed by atoms with Gasteiger partial charge < -0.3 is 15.0 Å². The first-order chi connectivity index (χ1) is 14.3. The summed E-state index contributed by atoms with van der Waals surface area (Å²) in [5.41, 5.74) is 3.71. The standard InChI is InChI=1S/C25H27ClN2O/c26-23-11-13-24(14-12-23)28(17-20-7-3-1-4-8-20)18-22-15-27-16-25(22)29-19-21-9-5-2-6-10-21/h1-14,22,25,27H,15-19H2/t22-,25+/m0/s1. The Morgan fingerprint density at radius 2 is 1.48 bits per heavy atom. The van der Waals surface area contributed by atoms with Gasteiger partial charge in [0.2, 0.25) is 0 Å². The molecule has 1 heterocycles. The monoisotopic (exact) mass is 406 g/mol. The summed E-state index contributed by atoms with van der Waals surface area (Å²) < 4.78 is 6.30. The van der Waals surface area contributed by atoms with Gasteiger partial charge in [0, 0.05) is 42.8 Å². The Morgan fingerprint density at radius 3 is 2.17 bits per heavy atom. The summed E-state index contributed by atoms with van der Waals surface area (Å²) in [6, 6.07) is 29.1. The highest BCUT2D eigenvalue weighted by atomic mass is 35.5. The van der Waals surface area contributed by atoms with Crippen LogP contribution in [0.2, 0.25) is 5.02 Å². The largest absolute Gasteiger partial charge is 0.372 e. The van der Waals surface area contributed by atoms with E-state index in [4.69, 9.17) is 16.3 Å². The van der Waals surface area contributed by atoms with E-state index in [1.54, 1.807) is 0 Å². The first-order valence-electron chi connectivity index (χ1n) is 10.2. The number of nitrogens with zero attached hydrogens (tertiary/aromatic N) is 1. The lowest BCUT2D eigenvalue weighted by Gasteiger charge is -2.30. The second-order valence-corrected chi connectivity index (χ2v) is 8.03. The molecule has 2 atom stereocenters. The van der Waals surface area contributed by atoms with Gasteiger partial charge in [0.25, 0.3) is 0 Å². The summed E-state index contributed by atoms with van der Waals surface area (Å²) in [6.07, 6.45) is 0.209. The number of hydrogen-bond donors (Lipinski definition) is 1. The van der Waals surface area contributed by atoms with Gasteiger partial charge in [0.1, 0.15) is 0 Å². The molecule has 3 aromatic carbocycles. The second-order valence-electron chi connectivity index (χ2n) is 7.60. The lowest BCUT2D eigenvalue weighted by Crippen LogP contribution is -2.35. The molecule has 1 aliphatic heterocycles. The third-order valence-corrected chi connectivity index (χ3v) is 5.70. The molecular weight excluding hydrogens is 380 g/mol. The van der Waals surface area contributed by atoms with Crippen LogP contribution in [0.5, 0.6) is 0 Å². The minimum atomic E-state index is 0.209. The fraction of sp³-hybridized carbons (Fsp3) is 0.280. The van der Waals surface area contributed by atoms with Crippen LogP contribution in [0.25, 0.3) is 0 Å². The van der Waals surface area contributed by atoms with Crippen LogP contribution in [0.15, 0.2) is 84.9 Å². The van der Waals surface area contributed by atoms with Gasteiger partial charge in [-0.25, -0.2) is 0 Å². The highest BCUT2D eigenvalue weighted by Gasteiger charge is 2.29. The van der Waals surface area contributed by atoms with Crippen LogP contribution in [0.1, 0.15) is 11.1 Å². The Bertz CT molecular complexity index is 870. The van der Waals surface area contributed by atoms with Gasteiger partial charge in [-0.3, -0.25) is 0 Å². The number of nitrogens with one attached hydrogen (secondary N) is 1. The van der Waals surface area contributed by atoms with E-state index in [1.165, 1.54) is 16.8 Å². The molecule has 3 aromatic rings. The molecule has 1 fully saturated rings. The van der Waals surface area contributed by atoms with E-state index >= 15 is 0 Å². The van der Waals surface area contributed by atoms with Gasteiger partial charge in [0.15, 0.2) is 0 Å². The van der Waals surface area contributed by atoms with Crippen molar-refractivity contribution >= 4 is 17.3 Å². The van der Waals surface area contributed by atoms with Crippen molar-refractivity contribution in [2.24, 2.45) is 5.92 Å². The Labute approximate surface area is 178 Å². The summed E-state index contributed by atoms with van der Waals surface area (Å²) in [4.78, 5) is 2.43. The number of rotatable bonds is 8. The molecule has 4 heteroatoms. The van der Waals surface area contributed by atoms with Crippen LogP contribution >= 0.6 is 11.6 Å². The smallest absolute Gasteiger partial charge is 0.0761 e. The number of halogens is 1. The molecule has 0 spiro atoms. The van der Waals surface area contributed by atoms with Gasteiger partial charge in [0.05, 0.1) is 12.7 Å². The molecule has 0 unspecified atom stereocenters. The molecule has 0 bridgehead atoms. The first-order valence-corrected chi connectivity index (χ1v) is 10.6. The van der Waals surface area contributed by atoms with E-state index in [1.807, 2.05) is 18.2 Å². The molecule has 3 nitrogen and oxygen atoms in total. The molecule has 29 heavy (non-hydrogen) atoms. The predicted molar refractivity (Wildman–Crippen MR) is 120 cm³/mol. The minimum Gasteiger partial charge on any atom is -0.372 e. The van der Waals surface area contributed by atoms with Gasteiger partial charge >= 0.3 is 0 Å². The molecule has 0 saturated carbocycles. The zero-order valence-electron chi connectivity index (χ0n) is 16.5. The summed E-state index contributed by atoms with van der Waals surface area (Å²) in [5.74, 6) is 0.429. The normalized spacial score (nSPS) is 18.7. The molecule has 150 valence electrons. The summed E-state index contributed by atoms with van der Waals surface area (Å²) in [6.45, 7) is 4.33. The first kappa shape index (κ1) is 20.0. The number of benzene rings is 3. The van der Waals surface area contributed by atoms with E-state index < -0.39 is 0 Å². The fourth-order valence-electron chi connectivity index (χ4n) is 3.86. The Hall–Kier alpha value is -2.33. The average molecular weight is 407 g/mol. The molecule has 0 radical (unpaired) electrons. The Morgan fingerprint density at radius 1 is 0.828 bits per heavy atom. The Balaban J connectivity index is 1.46. The topological polar surface area (TPSA) is 24.5 Å². The third-order valence-electron chi connectivity index (χ3n) is 5.45. The molecule has 1 N–H and O–H groups in total. The lowest BCUT2D eigenvalue weighted by molar-refractivity contribution is 0.0274. The van der Waals surface area contributed by atoms with Crippen molar-refractivity contribution in [3.63, 3.8) is 0 Å². The zero-order chi connectivity index (χ0) is 19.9. The molecule has 4 rings (SSSR count). The fourth-order valence-corrected chi connectivity index (χ4v) is 3.99. The van der Waals surface area contributed by atoms with Crippen LogP contribution in [0, 0.1) is 5.92 Å². The summed E-state index contributed by atoms with van der Waals surface area (Å²) in [7, 11) is 0. The van der Waals surface area contributed by atoms with Crippen molar-refractivity contribution in [3.05, 3.63) is 101 Å². The number of hydrogen-bond acceptors (Lipinski definition) is 3. The second kappa shape index (κ2) is 9.93. The van der Waals surface area contributed by atoms with Crippen molar-refractivity contribution in [2.75, 3.05) is 24.5 Å². The van der Waals surface area contributed by atoms with Crippen molar-refractivity contribution in [1.82, 2.24) is 5.32 Å². The average Bonchev–Trinajstić information content (AvgIpc) is 3.21. The minimum absolute atomic E-state index is 0.209. The number of anilines is 1. The molecular formula is C25H27ClN2O. The maximum atomic E-state index is 6.30. The SMILES string of the molecule is Clc1ccc(N(Cc2ccccc2)C[C@@H]2CNC[C@H]2OCc2ccccc2)cc1. The predicted octanol–water partition coefficient (Wildman–Crippen LogP) is 5.15. The third kappa shape index (κ3) is 5.60. The van der Waals surface area contributed by atoms with E-state index in [2.05, 4.69) is 76.9 Å². The van der Waals surface area contributed by atoms with Crippen molar-refractivity contribution in [2.45, 2.75) is 19.3 Å². The van der Waals surface area contributed by atoms with Crippen molar-refractivity contribution in [1.29, 1.82) is 0 Å². The molecule has 0 amide bonds. The maximum absolute atomic E-state index is 6.30.